The number of aryl methyl sites for hydroxylation is 1. The van der Waals surface area contributed by atoms with E-state index in [1.165, 1.54) is 29.6 Å². The van der Waals surface area contributed by atoms with Gasteiger partial charge in [-0.1, -0.05) is 12.6 Å². The van der Waals surface area contributed by atoms with E-state index in [0.29, 0.717) is 11.3 Å². The highest BCUT2D eigenvalue weighted by atomic mass is 15.1. The molecule has 2 N–H and O–H groups in total. The first-order valence-electron chi connectivity index (χ1n) is 8.54. The van der Waals surface area contributed by atoms with Crippen molar-refractivity contribution < 1.29 is 0 Å². The summed E-state index contributed by atoms with van der Waals surface area (Å²) < 4.78 is 2.19. The zero-order valence-electron chi connectivity index (χ0n) is 14.3. The van der Waals surface area contributed by atoms with E-state index in [1.54, 1.807) is 0 Å². The first kappa shape index (κ1) is 14.8. The van der Waals surface area contributed by atoms with Crippen LogP contribution in [0.3, 0.4) is 0 Å². The zero-order chi connectivity index (χ0) is 16.2. The van der Waals surface area contributed by atoms with Crippen LogP contribution in [0.2, 0.25) is 0 Å². The Morgan fingerprint density at radius 1 is 1.52 bits per heavy atom. The number of hydrogen-bond acceptors (Lipinski definition) is 3. The zero-order valence-corrected chi connectivity index (χ0v) is 14.3. The highest BCUT2D eigenvalue weighted by Gasteiger charge is 2.56. The number of allylic oxidation sites excluding steroid dienone is 1. The second kappa shape index (κ2) is 4.84. The predicted molar refractivity (Wildman–Crippen MR) is 93.3 cm³/mol. The first-order valence-corrected chi connectivity index (χ1v) is 8.54. The summed E-state index contributed by atoms with van der Waals surface area (Å²) >= 11 is 0. The maximum Gasteiger partial charge on any atom is 0.138 e. The number of fused-ring (bicyclic) bond motifs is 1. The maximum atomic E-state index is 4.70. The number of imidazole rings is 1. The van der Waals surface area contributed by atoms with Gasteiger partial charge in [-0.15, -0.1) is 0 Å². The molecule has 2 atom stereocenters. The molecule has 2 aromatic heterocycles. The molecular formula is C19H26N4. The molecule has 1 aliphatic carbocycles. The lowest BCUT2D eigenvalue weighted by molar-refractivity contribution is 0.396. The molecule has 23 heavy (non-hydrogen) atoms. The lowest BCUT2D eigenvalue weighted by Gasteiger charge is -2.28. The Labute approximate surface area is 138 Å². The van der Waals surface area contributed by atoms with Crippen LogP contribution in [0.15, 0.2) is 36.8 Å². The quantitative estimate of drug-likeness (QED) is 0.912. The summed E-state index contributed by atoms with van der Waals surface area (Å²) in [7, 11) is 0. The molecule has 3 heterocycles. The fraction of sp³-hybridized carbons (Fsp3) is 0.526. The number of aromatic nitrogens is 2. The number of rotatable bonds is 4. The summed E-state index contributed by atoms with van der Waals surface area (Å²) in [5.74, 6) is 1.64. The van der Waals surface area contributed by atoms with Gasteiger partial charge in [0, 0.05) is 24.4 Å². The second-order valence-electron chi connectivity index (χ2n) is 7.85. The van der Waals surface area contributed by atoms with E-state index in [2.05, 4.69) is 60.7 Å². The standard InChI is InChI=1S/C19H26N4/c1-13-6-5-9-23-16(13)11-21-17(23)18(3,4)22-14(2)15-10-19(15)7-8-20-12-19/h5-6,9,11,15,20,22H,2,7-8,10,12H2,1,3-4H3. The summed E-state index contributed by atoms with van der Waals surface area (Å²) in [6, 6.07) is 4.21. The smallest absolute Gasteiger partial charge is 0.138 e. The van der Waals surface area contributed by atoms with Crippen LogP contribution in [0, 0.1) is 18.3 Å². The molecule has 2 unspecified atom stereocenters. The maximum absolute atomic E-state index is 4.70. The van der Waals surface area contributed by atoms with Crippen LogP contribution >= 0.6 is 0 Å². The minimum Gasteiger partial charge on any atom is -0.377 e. The van der Waals surface area contributed by atoms with Gasteiger partial charge >= 0.3 is 0 Å². The summed E-state index contributed by atoms with van der Waals surface area (Å²) in [4.78, 5) is 4.70. The van der Waals surface area contributed by atoms with Gasteiger partial charge in [-0.2, -0.15) is 0 Å². The number of pyridine rings is 1. The van der Waals surface area contributed by atoms with Gasteiger partial charge in [0.25, 0.3) is 0 Å². The van der Waals surface area contributed by atoms with Crippen molar-refractivity contribution in [3.05, 3.63) is 48.2 Å². The summed E-state index contributed by atoms with van der Waals surface area (Å²) in [6.45, 7) is 13.2. The predicted octanol–water partition coefficient (Wildman–Crippen LogP) is 2.98. The van der Waals surface area contributed by atoms with E-state index >= 15 is 0 Å². The van der Waals surface area contributed by atoms with Crippen LogP contribution in [0.5, 0.6) is 0 Å². The van der Waals surface area contributed by atoms with E-state index in [-0.39, 0.29) is 5.54 Å². The molecule has 0 amide bonds. The van der Waals surface area contributed by atoms with E-state index in [9.17, 15) is 0 Å². The van der Waals surface area contributed by atoms with Crippen molar-refractivity contribution in [1.29, 1.82) is 0 Å². The van der Waals surface area contributed by atoms with Gasteiger partial charge in [-0.25, -0.2) is 4.98 Å². The minimum absolute atomic E-state index is 0.243. The number of nitrogens with one attached hydrogen (secondary N) is 2. The first-order chi connectivity index (χ1) is 10.9. The van der Waals surface area contributed by atoms with E-state index in [0.717, 1.165) is 18.9 Å². The highest BCUT2D eigenvalue weighted by molar-refractivity contribution is 5.53. The van der Waals surface area contributed by atoms with Crippen molar-refractivity contribution in [2.75, 3.05) is 13.1 Å². The van der Waals surface area contributed by atoms with E-state index in [4.69, 9.17) is 4.98 Å². The van der Waals surface area contributed by atoms with Crippen LogP contribution in [0.4, 0.5) is 0 Å². The molecule has 1 saturated carbocycles. The summed E-state index contributed by atoms with van der Waals surface area (Å²) in [5, 5.41) is 7.17. The average Bonchev–Trinajstić information content (AvgIpc) is 2.85. The molecule has 122 valence electrons. The lowest BCUT2D eigenvalue weighted by atomic mass is 9.99. The van der Waals surface area contributed by atoms with E-state index in [1.807, 2.05) is 6.20 Å². The molecule has 1 saturated heterocycles. The van der Waals surface area contributed by atoms with Gasteiger partial charge in [0.1, 0.15) is 5.82 Å². The molecular weight excluding hydrogens is 284 g/mol. The Balaban J connectivity index is 1.57. The third-order valence-corrected chi connectivity index (χ3v) is 5.70. The SMILES string of the molecule is C=C(NC(C)(C)c1ncc2c(C)cccn12)C1CC12CCNC2. The van der Waals surface area contributed by atoms with Gasteiger partial charge in [-0.05, 0) is 57.2 Å². The van der Waals surface area contributed by atoms with Crippen molar-refractivity contribution in [2.24, 2.45) is 11.3 Å². The molecule has 0 bridgehead atoms. The van der Waals surface area contributed by atoms with Crippen molar-refractivity contribution in [3.8, 4) is 0 Å². The van der Waals surface area contributed by atoms with Gasteiger partial charge in [-0.3, -0.25) is 0 Å². The lowest BCUT2D eigenvalue weighted by Crippen LogP contribution is -2.38. The molecule has 0 aromatic carbocycles. The summed E-state index contributed by atoms with van der Waals surface area (Å²) in [5.41, 5.74) is 3.83. The van der Waals surface area contributed by atoms with Crippen molar-refractivity contribution in [3.63, 3.8) is 0 Å². The third kappa shape index (κ3) is 2.27. The molecule has 2 aromatic rings. The fourth-order valence-electron chi connectivity index (χ4n) is 4.24. The van der Waals surface area contributed by atoms with Crippen LogP contribution in [0.1, 0.15) is 38.1 Å². The van der Waals surface area contributed by atoms with Gasteiger partial charge in [0.05, 0.1) is 17.3 Å². The monoisotopic (exact) mass is 310 g/mol. The normalized spacial score (nSPS) is 26.8. The molecule has 2 fully saturated rings. The van der Waals surface area contributed by atoms with Crippen molar-refractivity contribution in [1.82, 2.24) is 20.0 Å². The molecule has 4 rings (SSSR count). The Morgan fingerprint density at radius 3 is 3.09 bits per heavy atom. The Hall–Kier alpha value is -1.81. The van der Waals surface area contributed by atoms with Crippen LogP contribution in [-0.4, -0.2) is 22.5 Å². The molecule has 4 heteroatoms. The fourth-order valence-corrected chi connectivity index (χ4v) is 4.24. The van der Waals surface area contributed by atoms with Crippen LogP contribution in [-0.2, 0) is 5.54 Å². The summed E-state index contributed by atoms with van der Waals surface area (Å²) in [6.07, 6.45) is 6.61. The van der Waals surface area contributed by atoms with Gasteiger partial charge < -0.3 is 15.0 Å². The molecule has 1 aliphatic heterocycles. The molecule has 2 aliphatic rings. The Morgan fingerprint density at radius 2 is 2.35 bits per heavy atom. The van der Waals surface area contributed by atoms with Crippen molar-refractivity contribution in [2.45, 2.75) is 39.2 Å². The van der Waals surface area contributed by atoms with Crippen molar-refractivity contribution >= 4 is 5.52 Å². The topological polar surface area (TPSA) is 41.4 Å². The Bertz CT molecular complexity index is 765. The molecule has 0 radical (unpaired) electrons. The third-order valence-electron chi connectivity index (χ3n) is 5.70. The van der Waals surface area contributed by atoms with Crippen LogP contribution in [0.25, 0.3) is 5.52 Å². The van der Waals surface area contributed by atoms with E-state index < -0.39 is 0 Å². The Kier molecular flexibility index (Phi) is 3.11. The van der Waals surface area contributed by atoms with Gasteiger partial charge in [0.15, 0.2) is 0 Å². The molecule has 1 spiro atoms. The number of hydrogen-bond donors (Lipinski definition) is 2. The second-order valence-corrected chi connectivity index (χ2v) is 7.85. The number of nitrogens with zero attached hydrogens (tertiary/aromatic N) is 2. The molecule has 4 nitrogen and oxygen atoms in total. The largest absolute Gasteiger partial charge is 0.377 e. The average molecular weight is 310 g/mol. The highest BCUT2D eigenvalue weighted by Crippen LogP contribution is 2.59. The minimum atomic E-state index is -0.243. The van der Waals surface area contributed by atoms with Gasteiger partial charge in [0.2, 0.25) is 0 Å². The van der Waals surface area contributed by atoms with Crippen LogP contribution < -0.4 is 10.6 Å².